The van der Waals surface area contributed by atoms with E-state index in [0.29, 0.717) is 6.54 Å². The molecule has 0 radical (unpaired) electrons. The van der Waals surface area contributed by atoms with Gasteiger partial charge in [-0.2, -0.15) is 0 Å². The summed E-state index contributed by atoms with van der Waals surface area (Å²) in [6, 6.07) is 16.2. The van der Waals surface area contributed by atoms with Crippen LogP contribution in [0.4, 0.5) is 0 Å². The second-order valence-electron chi connectivity index (χ2n) is 7.14. The molecule has 0 heterocycles. The van der Waals surface area contributed by atoms with Crippen LogP contribution in [0.1, 0.15) is 30.5 Å². The average molecular weight is 327 g/mol. The van der Waals surface area contributed by atoms with Crippen molar-refractivity contribution in [1.82, 2.24) is 5.32 Å². The zero-order valence-corrected chi connectivity index (χ0v) is 15.2. The summed E-state index contributed by atoms with van der Waals surface area (Å²) in [5.74, 6) is 0.783. The summed E-state index contributed by atoms with van der Waals surface area (Å²) >= 11 is 0. The Balaban J connectivity index is 1.79. The van der Waals surface area contributed by atoms with E-state index in [0.717, 1.165) is 12.2 Å². The minimum atomic E-state index is -0.538. The molecule has 0 bridgehead atoms. The number of aliphatic hydroxyl groups is 1. The van der Waals surface area contributed by atoms with Gasteiger partial charge in [0.2, 0.25) is 0 Å². The minimum absolute atomic E-state index is 0.0879. The second-order valence-corrected chi connectivity index (χ2v) is 7.14. The number of aliphatic hydroxyl groups excluding tert-OH is 1. The van der Waals surface area contributed by atoms with Gasteiger partial charge in [0.25, 0.3) is 0 Å². The van der Waals surface area contributed by atoms with E-state index in [1.54, 1.807) is 0 Å². The van der Waals surface area contributed by atoms with E-state index in [1.807, 2.05) is 30.3 Å². The van der Waals surface area contributed by atoms with Gasteiger partial charge in [-0.15, -0.1) is 0 Å². The molecule has 0 aliphatic rings. The van der Waals surface area contributed by atoms with Crippen LogP contribution in [0.15, 0.2) is 48.5 Å². The lowest BCUT2D eigenvalue weighted by Gasteiger charge is -2.28. The Kier molecular flexibility index (Phi) is 6.41. The number of ether oxygens (including phenoxy) is 1. The molecule has 1 atom stereocenters. The van der Waals surface area contributed by atoms with E-state index in [9.17, 15) is 5.11 Å². The van der Waals surface area contributed by atoms with Crippen LogP contribution in [0.2, 0.25) is 0 Å². The van der Waals surface area contributed by atoms with Gasteiger partial charge in [0.05, 0.1) is 0 Å². The molecule has 0 saturated carbocycles. The molecule has 2 N–H and O–H groups in total. The standard InChI is InChI=1S/C21H29NO2/c1-16-10-11-18(12-17(16)2)13-21(3,4)22-14-19(23)15-24-20-8-6-5-7-9-20/h5-12,19,22-23H,13-15H2,1-4H3. The van der Waals surface area contributed by atoms with Gasteiger partial charge in [0.1, 0.15) is 18.5 Å². The summed E-state index contributed by atoms with van der Waals surface area (Å²) in [4.78, 5) is 0. The van der Waals surface area contributed by atoms with Crippen LogP contribution >= 0.6 is 0 Å². The number of β-amino-alcohol motifs (C(OH)–C–C–N with tert-alkyl or cyclic N) is 1. The van der Waals surface area contributed by atoms with Crippen LogP contribution in [-0.2, 0) is 6.42 Å². The van der Waals surface area contributed by atoms with Crippen molar-refractivity contribution < 1.29 is 9.84 Å². The van der Waals surface area contributed by atoms with Gasteiger partial charge >= 0.3 is 0 Å². The molecule has 0 fully saturated rings. The van der Waals surface area contributed by atoms with E-state index < -0.39 is 6.10 Å². The number of hydrogen-bond acceptors (Lipinski definition) is 3. The topological polar surface area (TPSA) is 41.5 Å². The molecule has 2 rings (SSSR count). The lowest BCUT2D eigenvalue weighted by Crippen LogP contribution is -2.46. The number of aryl methyl sites for hydroxylation is 2. The first-order valence-electron chi connectivity index (χ1n) is 8.53. The molecular weight excluding hydrogens is 298 g/mol. The number of nitrogens with one attached hydrogen (secondary N) is 1. The predicted octanol–water partition coefficient (Wildman–Crippen LogP) is 3.65. The lowest BCUT2D eigenvalue weighted by atomic mass is 9.93. The molecule has 24 heavy (non-hydrogen) atoms. The Morgan fingerprint density at radius 1 is 1.04 bits per heavy atom. The van der Waals surface area contributed by atoms with Crippen LogP contribution in [0, 0.1) is 13.8 Å². The maximum Gasteiger partial charge on any atom is 0.119 e. The van der Waals surface area contributed by atoms with Crippen molar-refractivity contribution in [3.05, 3.63) is 65.2 Å². The highest BCUT2D eigenvalue weighted by Gasteiger charge is 2.19. The number of para-hydroxylation sites is 1. The third kappa shape index (κ3) is 5.99. The SMILES string of the molecule is Cc1ccc(CC(C)(C)NCC(O)COc2ccccc2)cc1C. The largest absolute Gasteiger partial charge is 0.491 e. The zero-order valence-electron chi connectivity index (χ0n) is 15.2. The molecule has 0 aliphatic heterocycles. The maximum absolute atomic E-state index is 10.1. The summed E-state index contributed by atoms with van der Waals surface area (Å²) in [5, 5.41) is 13.6. The smallest absolute Gasteiger partial charge is 0.119 e. The fraction of sp³-hybridized carbons (Fsp3) is 0.429. The Hall–Kier alpha value is -1.84. The van der Waals surface area contributed by atoms with Crippen molar-refractivity contribution in [3.63, 3.8) is 0 Å². The average Bonchev–Trinajstić information content (AvgIpc) is 2.55. The summed E-state index contributed by atoms with van der Waals surface area (Å²) in [5.41, 5.74) is 3.86. The molecule has 0 aliphatic carbocycles. The van der Waals surface area contributed by atoms with Crippen molar-refractivity contribution in [2.24, 2.45) is 0 Å². The predicted molar refractivity (Wildman–Crippen MR) is 99.6 cm³/mol. The zero-order chi connectivity index (χ0) is 17.6. The van der Waals surface area contributed by atoms with Crippen LogP contribution in [0.5, 0.6) is 5.75 Å². The fourth-order valence-electron chi connectivity index (χ4n) is 2.65. The van der Waals surface area contributed by atoms with Gasteiger partial charge in [-0.3, -0.25) is 0 Å². The molecule has 0 saturated heterocycles. The van der Waals surface area contributed by atoms with E-state index >= 15 is 0 Å². The van der Waals surface area contributed by atoms with Crippen LogP contribution in [0.3, 0.4) is 0 Å². The first-order valence-corrected chi connectivity index (χ1v) is 8.53. The van der Waals surface area contributed by atoms with Crippen molar-refractivity contribution in [2.45, 2.75) is 45.8 Å². The number of hydrogen-bond donors (Lipinski definition) is 2. The quantitative estimate of drug-likeness (QED) is 0.777. The Morgan fingerprint density at radius 2 is 1.75 bits per heavy atom. The third-order valence-corrected chi connectivity index (χ3v) is 4.22. The minimum Gasteiger partial charge on any atom is -0.491 e. The molecule has 1 unspecified atom stereocenters. The highest BCUT2D eigenvalue weighted by Crippen LogP contribution is 2.16. The van der Waals surface area contributed by atoms with Gasteiger partial charge in [-0.05, 0) is 62.9 Å². The van der Waals surface area contributed by atoms with E-state index in [2.05, 4.69) is 51.2 Å². The maximum atomic E-state index is 10.1. The second kappa shape index (κ2) is 8.32. The van der Waals surface area contributed by atoms with E-state index in [4.69, 9.17) is 4.74 Å². The Bertz CT molecular complexity index is 638. The van der Waals surface area contributed by atoms with Crippen LogP contribution in [-0.4, -0.2) is 29.9 Å². The highest BCUT2D eigenvalue weighted by molar-refractivity contribution is 5.30. The first-order chi connectivity index (χ1) is 11.4. The molecule has 3 heteroatoms. The normalized spacial score (nSPS) is 12.9. The van der Waals surface area contributed by atoms with Gasteiger partial charge in [0.15, 0.2) is 0 Å². The van der Waals surface area contributed by atoms with Gasteiger partial charge in [0, 0.05) is 12.1 Å². The summed E-state index contributed by atoms with van der Waals surface area (Å²) in [7, 11) is 0. The molecule has 0 amide bonds. The van der Waals surface area contributed by atoms with Crippen LogP contribution < -0.4 is 10.1 Å². The molecule has 3 nitrogen and oxygen atoms in total. The van der Waals surface area contributed by atoms with Crippen molar-refractivity contribution in [2.75, 3.05) is 13.2 Å². The number of benzene rings is 2. The van der Waals surface area contributed by atoms with Crippen molar-refractivity contribution >= 4 is 0 Å². The molecule has 0 spiro atoms. The molecule has 0 aromatic heterocycles. The first kappa shape index (κ1) is 18.5. The van der Waals surface area contributed by atoms with Gasteiger partial charge < -0.3 is 15.2 Å². The highest BCUT2D eigenvalue weighted by atomic mass is 16.5. The summed E-state index contributed by atoms with van der Waals surface area (Å²) in [6.07, 6.45) is 0.379. The van der Waals surface area contributed by atoms with Gasteiger partial charge in [-0.25, -0.2) is 0 Å². The van der Waals surface area contributed by atoms with Crippen molar-refractivity contribution in [1.29, 1.82) is 0 Å². The Labute approximate surface area is 145 Å². The fourth-order valence-corrected chi connectivity index (χ4v) is 2.65. The monoisotopic (exact) mass is 327 g/mol. The Morgan fingerprint density at radius 3 is 2.42 bits per heavy atom. The van der Waals surface area contributed by atoms with Crippen LogP contribution in [0.25, 0.3) is 0 Å². The molecule has 2 aromatic rings. The van der Waals surface area contributed by atoms with Gasteiger partial charge in [-0.1, -0.05) is 36.4 Å². The van der Waals surface area contributed by atoms with E-state index in [-0.39, 0.29) is 12.1 Å². The van der Waals surface area contributed by atoms with Crippen molar-refractivity contribution in [3.8, 4) is 5.75 Å². The van der Waals surface area contributed by atoms with E-state index in [1.165, 1.54) is 16.7 Å². The summed E-state index contributed by atoms with van der Waals surface area (Å²) in [6.45, 7) is 9.39. The molecular formula is C21H29NO2. The molecule has 2 aromatic carbocycles. The lowest BCUT2D eigenvalue weighted by molar-refractivity contribution is 0.0988. The number of rotatable bonds is 8. The summed E-state index contributed by atoms with van der Waals surface area (Å²) < 4.78 is 5.59. The third-order valence-electron chi connectivity index (χ3n) is 4.22. The molecule has 130 valence electrons.